The van der Waals surface area contributed by atoms with E-state index in [1.165, 1.54) is 67.2 Å². The number of hydrogen-bond donors (Lipinski definition) is 0. The molecule has 0 heterocycles. The minimum Gasteiger partial charge on any atom is -0.0856 e. The molecule has 0 unspecified atom stereocenters. The van der Waals surface area contributed by atoms with Crippen LogP contribution >= 0.6 is 0 Å². The molecule has 0 amide bonds. The number of unbranched alkanes of at least 4 members (excludes halogenated alkanes) is 1. The van der Waals surface area contributed by atoms with Crippen LogP contribution in [0.4, 0.5) is 0 Å². The van der Waals surface area contributed by atoms with Gasteiger partial charge in [0.1, 0.15) is 0 Å². The molecule has 0 aliphatic heterocycles. The van der Waals surface area contributed by atoms with Gasteiger partial charge >= 0.3 is 0 Å². The van der Waals surface area contributed by atoms with Gasteiger partial charge in [-0.2, -0.15) is 0 Å². The average Bonchev–Trinajstić information content (AvgIpc) is 2.59. The molecule has 0 bridgehead atoms. The van der Waals surface area contributed by atoms with Crippen molar-refractivity contribution >= 4 is 0 Å². The second kappa shape index (κ2) is 15.7. The average molecular weight is 371 g/mol. The van der Waals surface area contributed by atoms with Crippen LogP contribution in [-0.2, 0) is 0 Å². The molecule has 0 rings (SSSR count). The fraction of sp³-hybridized carbons (Fsp3) is 0.630. The fourth-order valence-corrected chi connectivity index (χ4v) is 3.03. The van der Waals surface area contributed by atoms with E-state index in [1.807, 2.05) is 0 Å². The van der Waals surface area contributed by atoms with Gasteiger partial charge in [0.15, 0.2) is 0 Å². The van der Waals surface area contributed by atoms with Crippen LogP contribution in [-0.4, -0.2) is 0 Å². The van der Waals surface area contributed by atoms with Crippen molar-refractivity contribution in [3.05, 3.63) is 57.7 Å². The third-order valence-electron chi connectivity index (χ3n) is 5.07. The minimum absolute atomic E-state index is 1.12. The van der Waals surface area contributed by atoms with E-state index in [-0.39, 0.29) is 0 Å². The maximum Gasteiger partial charge on any atom is -0.0134 e. The quantitative estimate of drug-likeness (QED) is 0.283. The normalized spacial score (nSPS) is 13.3. The summed E-state index contributed by atoms with van der Waals surface area (Å²) >= 11 is 0. The molecule has 0 heteroatoms. The van der Waals surface area contributed by atoms with Gasteiger partial charge in [0, 0.05) is 0 Å². The first kappa shape index (κ1) is 25.7. The Bertz CT molecular complexity index is 553. The summed E-state index contributed by atoms with van der Waals surface area (Å²) in [4.78, 5) is 0. The lowest BCUT2D eigenvalue weighted by Gasteiger charge is -2.11. The van der Waals surface area contributed by atoms with Crippen molar-refractivity contribution in [3.63, 3.8) is 0 Å². The molecule has 0 aliphatic carbocycles. The molecule has 0 aromatic rings. The zero-order valence-corrected chi connectivity index (χ0v) is 19.7. The Balaban J connectivity index is 4.86. The topological polar surface area (TPSA) is 0 Å². The predicted molar refractivity (Wildman–Crippen MR) is 126 cm³/mol. The summed E-state index contributed by atoms with van der Waals surface area (Å²) in [6.07, 6.45) is 20.4. The molecule has 0 aliphatic rings. The lowest BCUT2D eigenvalue weighted by molar-refractivity contribution is 0.762. The predicted octanol–water partition coefficient (Wildman–Crippen LogP) is 9.66. The molecule has 0 aromatic heterocycles. The first-order valence-electron chi connectivity index (χ1n) is 11.0. The van der Waals surface area contributed by atoms with Gasteiger partial charge in [-0.1, -0.05) is 71.1 Å². The molecular formula is C27H46. The van der Waals surface area contributed by atoms with Gasteiger partial charge in [0.05, 0.1) is 0 Å². The Morgan fingerprint density at radius 2 is 1.07 bits per heavy atom. The van der Waals surface area contributed by atoms with Crippen LogP contribution < -0.4 is 0 Å². The highest BCUT2D eigenvalue weighted by Gasteiger charge is 2.02. The van der Waals surface area contributed by atoms with Gasteiger partial charge in [0.25, 0.3) is 0 Å². The molecule has 0 spiro atoms. The van der Waals surface area contributed by atoms with Gasteiger partial charge < -0.3 is 0 Å². The van der Waals surface area contributed by atoms with Crippen LogP contribution in [0.1, 0.15) is 113 Å². The van der Waals surface area contributed by atoms with E-state index in [4.69, 9.17) is 0 Å². The molecular weight excluding hydrogens is 324 g/mol. The first-order valence-corrected chi connectivity index (χ1v) is 11.0. The summed E-state index contributed by atoms with van der Waals surface area (Å²) in [5.41, 5.74) is 9.14. The second-order valence-corrected chi connectivity index (χ2v) is 8.64. The molecule has 0 atom stereocenters. The van der Waals surface area contributed by atoms with Crippen LogP contribution in [0.3, 0.4) is 0 Å². The number of hydrogen-bond acceptors (Lipinski definition) is 0. The standard InChI is InChI=1S/C27H46/c1-9-10-17-27(21-19-25(7)16-12-14-23(4)5)26(8)20-18-24(6)15-11-13-22(2)3/h13-14,18-19H,9-12,15-17,20-21H2,1-8H3/b24-18+,25-19+,27-26-. The molecule has 0 fully saturated rings. The van der Waals surface area contributed by atoms with Crippen molar-refractivity contribution in [2.24, 2.45) is 0 Å². The molecule has 0 saturated heterocycles. The largest absolute Gasteiger partial charge is 0.0856 e. The molecule has 0 radical (unpaired) electrons. The second-order valence-electron chi connectivity index (χ2n) is 8.64. The van der Waals surface area contributed by atoms with Crippen molar-refractivity contribution in [2.45, 2.75) is 113 Å². The van der Waals surface area contributed by atoms with Crippen molar-refractivity contribution in [2.75, 3.05) is 0 Å². The summed E-state index contributed by atoms with van der Waals surface area (Å²) in [5.74, 6) is 0. The Hall–Kier alpha value is -1.30. The van der Waals surface area contributed by atoms with Gasteiger partial charge in [0.2, 0.25) is 0 Å². The summed E-state index contributed by atoms with van der Waals surface area (Å²) in [5, 5.41) is 0. The zero-order valence-electron chi connectivity index (χ0n) is 19.7. The fourth-order valence-electron chi connectivity index (χ4n) is 3.03. The lowest BCUT2D eigenvalue weighted by Crippen LogP contribution is -1.91. The van der Waals surface area contributed by atoms with E-state index in [0.29, 0.717) is 0 Å². The SMILES string of the molecule is CCCC/C(C/C=C(\C)CCC=C(C)C)=C(\C)C/C=C(\C)CCC=C(C)C. The van der Waals surface area contributed by atoms with Gasteiger partial charge in [-0.3, -0.25) is 0 Å². The summed E-state index contributed by atoms with van der Waals surface area (Å²) in [6.45, 7) is 17.9. The molecule has 0 N–H and O–H groups in total. The van der Waals surface area contributed by atoms with Crippen molar-refractivity contribution in [3.8, 4) is 0 Å². The summed E-state index contributed by atoms with van der Waals surface area (Å²) < 4.78 is 0. The Labute approximate surface area is 171 Å². The van der Waals surface area contributed by atoms with E-state index >= 15 is 0 Å². The van der Waals surface area contributed by atoms with Gasteiger partial charge in [-0.15, -0.1) is 0 Å². The first-order chi connectivity index (χ1) is 12.8. The summed E-state index contributed by atoms with van der Waals surface area (Å²) in [7, 11) is 0. The molecule has 0 aromatic carbocycles. The van der Waals surface area contributed by atoms with Crippen LogP contribution in [0.2, 0.25) is 0 Å². The minimum atomic E-state index is 1.12. The van der Waals surface area contributed by atoms with Crippen LogP contribution in [0, 0.1) is 0 Å². The van der Waals surface area contributed by atoms with E-state index in [1.54, 1.807) is 11.1 Å². The third-order valence-corrected chi connectivity index (χ3v) is 5.07. The highest BCUT2D eigenvalue weighted by molar-refractivity contribution is 5.21. The highest BCUT2D eigenvalue weighted by atomic mass is 14.1. The van der Waals surface area contributed by atoms with Gasteiger partial charge in [-0.05, 0) is 99.8 Å². The monoisotopic (exact) mass is 370 g/mol. The van der Waals surface area contributed by atoms with E-state index in [2.05, 4.69) is 79.7 Å². The summed E-state index contributed by atoms with van der Waals surface area (Å²) in [6, 6.07) is 0. The van der Waals surface area contributed by atoms with E-state index in [0.717, 1.165) is 12.8 Å². The van der Waals surface area contributed by atoms with Crippen molar-refractivity contribution < 1.29 is 0 Å². The molecule has 0 saturated carbocycles. The Morgan fingerprint density at radius 1 is 0.593 bits per heavy atom. The van der Waals surface area contributed by atoms with E-state index in [9.17, 15) is 0 Å². The van der Waals surface area contributed by atoms with Crippen LogP contribution in [0.15, 0.2) is 57.7 Å². The van der Waals surface area contributed by atoms with Crippen LogP contribution in [0.25, 0.3) is 0 Å². The maximum atomic E-state index is 2.47. The van der Waals surface area contributed by atoms with Crippen molar-refractivity contribution in [1.29, 1.82) is 0 Å². The molecule has 0 nitrogen and oxygen atoms in total. The zero-order chi connectivity index (χ0) is 20.7. The lowest BCUT2D eigenvalue weighted by atomic mass is 9.95. The number of rotatable bonds is 13. The molecule has 27 heavy (non-hydrogen) atoms. The maximum absolute atomic E-state index is 2.47. The number of allylic oxidation sites excluding steroid dienone is 10. The Morgan fingerprint density at radius 3 is 1.52 bits per heavy atom. The van der Waals surface area contributed by atoms with Crippen molar-refractivity contribution in [1.82, 2.24) is 0 Å². The Kier molecular flexibility index (Phi) is 15.0. The van der Waals surface area contributed by atoms with Crippen LogP contribution in [0.5, 0.6) is 0 Å². The highest BCUT2D eigenvalue weighted by Crippen LogP contribution is 2.22. The molecule has 154 valence electrons. The smallest absolute Gasteiger partial charge is 0.0134 e. The van der Waals surface area contributed by atoms with Gasteiger partial charge in [-0.25, -0.2) is 0 Å². The van der Waals surface area contributed by atoms with E-state index < -0.39 is 0 Å². The third kappa shape index (κ3) is 15.5.